The van der Waals surface area contributed by atoms with Crippen LogP contribution in [0, 0.1) is 12.8 Å². The lowest BCUT2D eigenvalue weighted by molar-refractivity contribution is -0.123. The van der Waals surface area contributed by atoms with Gasteiger partial charge in [0.2, 0.25) is 0 Å². The summed E-state index contributed by atoms with van der Waals surface area (Å²) in [5, 5.41) is 8.49. The Bertz CT molecular complexity index is 827. The Labute approximate surface area is 138 Å². The molecule has 5 nitrogen and oxygen atoms in total. The quantitative estimate of drug-likeness (QED) is 0.816. The minimum atomic E-state index is -0.563. The molecule has 2 aliphatic rings. The first-order chi connectivity index (χ1) is 11.1. The fourth-order valence-electron chi connectivity index (χ4n) is 3.61. The van der Waals surface area contributed by atoms with Crippen LogP contribution < -0.4 is 5.32 Å². The second kappa shape index (κ2) is 5.20. The summed E-state index contributed by atoms with van der Waals surface area (Å²) in [5.74, 6) is 0.0520. The number of rotatable bonds is 1. The fourth-order valence-corrected chi connectivity index (χ4v) is 3.79. The summed E-state index contributed by atoms with van der Waals surface area (Å²) in [4.78, 5) is 25.0. The maximum Gasteiger partial charge on any atom is 0.181 e. The molecule has 4 rings (SSSR count). The summed E-state index contributed by atoms with van der Waals surface area (Å²) in [6.07, 6.45) is 2.13. The number of benzene rings is 1. The predicted molar refractivity (Wildman–Crippen MR) is 87.4 cm³/mol. The van der Waals surface area contributed by atoms with Crippen molar-refractivity contribution in [3.05, 3.63) is 40.5 Å². The van der Waals surface area contributed by atoms with Crippen molar-refractivity contribution in [3.8, 4) is 5.69 Å². The van der Waals surface area contributed by atoms with Crippen LogP contribution in [0.3, 0.4) is 0 Å². The molecule has 2 atom stereocenters. The third kappa shape index (κ3) is 2.18. The van der Waals surface area contributed by atoms with E-state index >= 15 is 0 Å². The Kier molecular flexibility index (Phi) is 3.27. The molecule has 1 aromatic carbocycles. The van der Waals surface area contributed by atoms with E-state index in [0.717, 1.165) is 18.5 Å². The van der Waals surface area contributed by atoms with E-state index in [0.29, 0.717) is 28.5 Å². The maximum absolute atomic E-state index is 12.9. The van der Waals surface area contributed by atoms with Gasteiger partial charge in [0.15, 0.2) is 5.78 Å². The summed E-state index contributed by atoms with van der Waals surface area (Å²) in [5.41, 5.74) is 1.96. The van der Waals surface area contributed by atoms with Gasteiger partial charge in [-0.05, 0) is 38.0 Å². The van der Waals surface area contributed by atoms with Gasteiger partial charge in [-0.2, -0.15) is 5.10 Å². The van der Waals surface area contributed by atoms with Gasteiger partial charge in [-0.25, -0.2) is 4.68 Å². The highest BCUT2D eigenvalue weighted by atomic mass is 35.5. The second-order valence-electron chi connectivity index (χ2n) is 6.15. The number of aryl methyl sites for hydroxylation is 1. The number of aromatic nitrogens is 2. The van der Waals surface area contributed by atoms with Crippen molar-refractivity contribution in [2.45, 2.75) is 32.2 Å². The maximum atomic E-state index is 12.9. The van der Waals surface area contributed by atoms with Gasteiger partial charge in [0, 0.05) is 17.5 Å². The highest BCUT2D eigenvalue weighted by Crippen LogP contribution is 2.37. The normalized spacial score (nSPS) is 23.2. The smallest absolute Gasteiger partial charge is 0.181 e. The van der Waals surface area contributed by atoms with Crippen molar-refractivity contribution in [2.24, 2.45) is 5.92 Å². The van der Waals surface area contributed by atoms with Crippen LogP contribution in [-0.4, -0.2) is 27.4 Å². The summed E-state index contributed by atoms with van der Waals surface area (Å²) >= 11 is 6.07. The molecule has 1 aromatic heterocycles. The molecule has 0 saturated heterocycles. The number of Topliss-reactive ketones (excluding diaryl/α,β-unsaturated/α-hetero) is 2. The Balaban J connectivity index is 1.86. The largest absolute Gasteiger partial charge is 0.365 e. The van der Waals surface area contributed by atoms with Gasteiger partial charge >= 0.3 is 0 Å². The third-order valence-corrected chi connectivity index (χ3v) is 4.89. The molecule has 0 spiro atoms. The summed E-state index contributed by atoms with van der Waals surface area (Å²) < 4.78 is 1.71. The summed E-state index contributed by atoms with van der Waals surface area (Å²) in [6.45, 7) is 1.80. The van der Waals surface area contributed by atoms with Crippen molar-refractivity contribution in [1.82, 2.24) is 9.78 Å². The third-order valence-electron chi connectivity index (χ3n) is 4.65. The van der Waals surface area contributed by atoms with E-state index < -0.39 is 5.92 Å². The molecule has 1 aliphatic heterocycles. The molecule has 23 heavy (non-hydrogen) atoms. The standard InChI is InChI=1S/C17H16ClN3O2/c1-9-14-16(23)15-12(6-3-7-13(15)22)19-17(14)21(20-9)11-5-2-4-10(18)8-11/h2,4-5,8,12,15,19H,3,6-7H2,1H3/t12-,15+/m0/s1. The topological polar surface area (TPSA) is 64.0 Å². The Morgan fingerprint density at radius 2 is 2.17 bits per heavy atom. The van der Waals surface area contributed by atoms with Crippen molar-refractivity contribution < 1.29 is 9.59 Å². The van der Waals surface area contributed by atoms with E-state index in [1.807, 2.05) is 12.1 Å². The van der Waals surface area contributed by atoms with Crippen LogP contribution in [0.1, 0.15) is 35.3 Å². The number of hydrogen-bond acceptors (Lipinski definition) is 4. The molecule has 1 N–H and O–H groups in total. The predicted octanol–water partition coefficient (Wildman–Crippen LogP) is 3.18. The molecule has 1 aliphatic carbocycles. The first-order valence-electron chi connectivity index (χ1n) is 7.75. The van der Waals surface area contributed by atoms with Crippen molar-refractivity contribution >= 4 is 29.0 Å². The molecule has 0 radical (unpaired) electrons. The number of ketones is 2. The van der Waals surface area contributed by atoms with Crippen LogP contribution in [0.5, 0.6) is 0 Å². The van der Waals surface area contributed by atoms with Crippen LogP contribution in [0.4, 0.5) is 5.82 Å². The van der Waals surface area contributed by atoms with Crippen LogP contribution in [0.2, 0.25) is 5.02 Å². The number of nitrogens with one attached hydrogen (secondary N) is 1. The lowest BCUT2D eigenvalue weighted by Gasteiger charge is -2.34. The van der Waals surface area contributed by atoms with Gasteiger partial charge in [0.25, 0.3) is 0 Å². The minimum Gasteiger partial charge on any atom is -0.365 e. The molecule has 0 bridgehead atoms. The van der Waals surface area contributed by atoms with Crippen molar-refractivity contribution in [1.29, 1.82) is 0 Å². The zero-order valence-corrected chi connectivity index (χ0v) is 13.4. The zero-order chi connectivity index (χ0) is 16.1. The van der Waals surface area contributed by atoms with E-state index in [9.17, 15) is 9.59 Å². The average Bonchev–Trinajstić information content (AvgIpc) is 2.84. The number of halogens is 1. The van der Waals surface area contributed by atoms with Crippen molar-refractivity contribution in [3.63, 3.8) is 0 Å². The van der Waals surface area contributed by atoms with Crippen LogP contribution >= 0.6 is 11.6 Å². The van der Waals surface area contributed by atoms with Gasteiger partial charge in [0.1, 0.15) is 17.5 Å². The SMILES string of the molecule is Cc1nn(-c2cccc(Cl)c2)c2c1C(=O)[C@H]1C(=O)CCC[C@@H]1N2. The summed E-state index contributed by atoms with van der Waals surface area (Å²) in [6, 6.07) is 7.20. The van der Waals surface area contributed by atoms with Crippen molar-refractivity contribution in [2.75, 3.05) is 5.32 Å². The van der Waals surface area contributed by atoms with E-state index in [-0.39, 0.29) is 17.6 Å². The van der Waals surface area contributed by atoms with E-state index in [1.54, 1.807) is 23.7 Å². The molecule has 6 heteroatoms. The fraction of sp³-hybridized carbons (Fsp3) is 0.353. The number of carbonyl (C=O) groups is 2. The highest BCUT2D eigenvalue weighted by Gasteiger charge is 2.44. The minimum absolute atomic E-state index is 0.0410. The second-order valence-corrected chi connectivity index (χ2v) is 6.59. The Morgan fingerprint density at radius 1 is 1.35 bits per heavy atom. The van der Waals surface area contributed by atoms with Gasteiger partial charge < -0.3 is 5.32 Å². The molecule has 2 heterocycles. The van der Waals surface area contributed by atoms with E-state index in [4.69, 9.17) is 11.6 Å². The van der Waals surface area contributed by atoms with Crippen LogP contribution in [0.15, 0.2) is 24.3 Å². The highest BCUT2D eigenvalue weighted by molar-refractivity contribution is 6.30. The van der Waals surface area contributed by atoms with Gasteiger partial charge in [-0.3, -0.25) is 9.59 Å². The molecular formula is C17H16ClN3O2. The summed E-state index contributed by atoms with van der Waals surface area (Å²) in [7, 11) is 0. The Hall–Kier alpha value is -2.14. The molecule has 1 fully saturated rings. The number of anilines is 1. The number of hydrogen-bond donors (Lipinski definition) is 1. The van der Waals surface area contributed by atoms with Crippen LogP contribution in [0.25, 0.3) is 5.69 Å². The van der Waals surface area contributed by atoms with Gasteiger partial charge in [-0.15, -0.1) is 0 Å². The molecule has 2 aromatic rings. The lowest BCUT2D eigenvalue weighted by atomic mass is 9.76. The number of carbonyl (C=O) groups excluding carboxylic acids is 2. The number of nitrogens with zero attached hydrogens (tertiary/aromatic N) is 2. The van der Waals surface area contributed by atoms with Gasteiger partial charge in [0.05, 0.1) is 16.9 Å². The lowest BCUT2D eigenvalue weighted by Crippen LogP contribution is -2.46. The Morgan fingerprint density at radius 3 is 2.96 bits per heavy atom. The first kappa shape index (κ1) is 14.5. The van der Waals surface area contributed by atoms with E-state index in [1.165, 1.54) is 0 Å². The average molecular weight is 330 g/mol. The molecule has 0 unspecified atom stereocenters. The van der Waals surface area contributed by atoms with Crippen LogP contribution in [-0.2, 0) is 4.79 Å². The van der Waals surface area contributed by atoms with Gasteiger partial charge in [-0.1, -0.05) is 17.7 Å². The molecule has 0 amide bonds. The monoisotopic (exact) mass is 329 g/mol. The molecular weight excluding hydrogens is 314 g/mol. The zero-order valence-electron chi connectivity index (χ0n) is 12.7. The molecule has 118 valence electrons. The van der Waals surface area contributed by atoms with E-state index in [2.05, 4.69) is 10.4 Å². The molecule has 1 saturated carbocycles. The number of fused-ring (bicyclic) bond motifs is 2. The first-order valence-corrected chi connectivity index (χ1v) is 8.13.